The molecule has 4 heterocycles. The van der Waals surface area contributed by atoms with E-state index >= 15 is 0 Å². The Morgan fingerprint density at radius 2 is 1.86 bits per heavy atom. The predicted octanol–water partition coefficient (Wildman–Crippen LogP) is 2.24. The average molecular weight is 620 g/mol. The van der Waals surface area contributed by atoms with Gasteiger partial charge in [0.15, 0.2) is 0 Å². The molecule has 13 atom stereocenters. The van der Waals surface area contributed by atoms with E-state index in [4.69, 9.17) is 18.9 Å². The third-order valence-electron chi connectivity index (χ3n) is 13.8. The van der Waals surface area contributed by atoms with E-state index in [0.717, 1.165) is 44.1 Å². The minimum absolute atomic E-state index is 0.0204. The van der Waals surface area contributed by atoms with Gasteiger partial charge in [0, 0.05) is 36.5 Å². The van der Waals surface area contributed by atoms with Crippen LogP contribution in [0.1, 0.15) is 71.6 Å². The standard InChI is InChI=1S/C32H45NO9S/c1-17-11-31(33-25(36)14-43-31)32(38)27(40-17)41-23-10-19-3-4-22-21(29(19,15-34)12-24(23)42-32)5-7-28(2)20(6-8-30(22,28)16-35)18-9-26(37)39-13-18/h9,17,19-24,27,34-35,38H,3-8,10-16H2,1-2H3,(H,33,36)/t17-,19+,20-,21+,22-,23-,24-,27+,28-,29-,30+,31+,32?/m1/s1. The molecule has 0 bridgehead atoms. The zero-order valence-corrected chi connectivity index (χ0v) is 25.9. The van der Waals surface area contributed by atoms with Crippen LogP contribution in [0.4, 0.5) is 0 Å². The second-order valence-electron chi connectivity index (χ2n) is 15.2. The maximum absolute atomic E-state index is 12.4. The van der Waals surface area contributed by atoms with Crippen LogP contribution in [-0.2, 0) is 28.5 Å². The fourth-order valence-corrected chi connectivity index (χ4v) is 13.2. The lowest BCUT2D eigenvalue weighted by atomic mass is 9.39. The molecular formula is C32H45NO9S. The Kier molecular flexibility index (Phi) is 6.56. The number of carbonyl (C=O) groups is 2. The molecule has 7 fully saturated rings. The van der Waals surface area contributed by atoms with Crippen LogP contribution in [0.25, 0.3) is 0 Å². The first kappa shape index (κ1) is 29.2. The number of hydrogen-bond acceptors (Lipinski definition) is 10. The van der Waals surface area contributed by atoms with Crippen LogP contribution in [0, 0.1) is 39.9 Å². The van der Waals surface area contributed by atoms with E-state index in [1.807, 2.05) is 6.92 Å². The number of aliphatic hydroxyl groups is 3. The number of cyclic esters (lactones) is 1. The van der Waals surface area contributed by atoms with Crippen LogP contribution in [0.5, 0.6) is 0 Å². The van der Waals surface area contributed by atoms with Crippen molar-refractivity contribution in [3.63, 3.8) is 0 Å². The van der Waals surface area contributed by atoms with E-state index in [-0.39, 0.29) is 77.6 Å². The number of nitrogens with one attached hydrogen (secondary N) is 1. The summed E-state index contributed by atoms with van der Waals surface area (Å²) in [4.78, 5) is 23.3. The van der Waals surface area contributed by atoms with E-state index < -0.39 is 28.5 Å². The molecule has 0 radical (unpaired) electrons. The molecule has 1 unspecified atom stereocenters. The molecule has 4 aliphatic heterocycles. The van der Waals surface area contributed by atoms with Crippen LogP contribution in [0.15, 0.2) is 11.6 Å². The maximum atomic E-state index is 12.4. The molecule has 0 aromatic carbocycles. The van der Waals surface area contributed by atoms with Gasteiger partial charge in [-0.2, -0.15) is 0 Å². The predicted molar refractivity (Wildman–Crippen MR) is 154 cm³/mol. The van der Waals surface area contributed by atoms with Crippen molar-refractivity contribution >= 4 is 23.6 Å². The second kappa shape index (κ2) is 9.65. The molecule has 238 valence electrons. The van der Waals surface area contributed by atoms with E-state index in [2.05, 4.69) is 12.2 Å². The first-order valence-corrected chi connectivity index (χ1v) is 17.3. The number of rotatable bonds is 3. The molecular weight excluding hydrogens is 574 g/mol. The highest BCUT2D eigenvalue weighted by Gasteiger charge is 2.72. The second-order valence-corrected chi connectivity index (χ2v) is 16.5. The van der Waals surface area contributed by atoms with Crippen molar-refractivity contribution < 1.29 is 43.9 Å². The van der Waals surface area contributed by atoms with Gasteiger partial charge in [0.05, 0.1) is 24.1 Å². The summed E-state index contributed by atoms with van der Waals surface area (Å²) < 4.78 is 24.6. The zero-order valence-electron chi connectivity index (χ0n) is 25.1. The van der Waals surface area contributed by atoms with Crippen LogP contribution in [-0.4, -0.2) is 88.0 Å². The number of thioether (sulfide) groups is 1. The Balaban J connectivity index is 1.11. The summed E-state index contributed by atoms with van der Waals surface area (Å²) >= 11 is 1.36. The smallest absolute Gasteiger partial charge is 0.331 e. The molecule has 4 aliphatic carbocycles. The Morgan fingerprint density at radius 3 is 2.56 bits per heavy atom. The quantitative estimate of drug-likeness (QED) is 0.274. The Morgan fingerprint density at radius 1 is 1.02 bits per heavy atom. The van der Waals surface area contributed by atoms with Gasteiger partial charge in [-0.05, 0) is 93.0 Å². The fraction of sp³-hybridized carbons (Fsp3) is 0.875. The van der Waals surface area contributed by atoms with Gasteiger partial charge in [0.2, 0.25) is 12.2 Å². The molecule has 8 aliphatic rings. The van der Waals surface area contributed by atoms with Crippen molar-refractivity contribution in [2.45, 2.75) is 107 Å². The lowest BCUT2D eigenvalue weighted by molar-refractivity contribution is -0.449. The molecule has 4 saturated carbocycles. The molecule has 3 saturated heterocycles. The van der Waals surface area contributed by atoms with Gasteiger partial charge in [-0.1, -0.05) is 6.92 Å². The summed E-state index contributed by atoms with van der Waals surface area (Å²) in [6.07, 6.45) is 6.95. The molecule has 0 aromatic rings. The number of hydrogen-bond donors (Lipinski definition) is 4. The minimum atomic E-state index is -1.85. The van der Waals surface area contributed by atoms with Gasteiger partial charge in [0.1, 0.15) is 11.5 Å². The van der Waals surface area contributed by atoms with E-state index in [1.165, 1.54) is 11.8 Å². The first-order valence-electron chi connectivity index (χ1n) is 16.3. The summed E-state index contributed by atoms with van der Waals surface area (Å²) in [7, 11) is 0. The fourth-order valence-electron chi connectivity index (χ4n) is 11.9. The number of aliphatic hydroxyl groups excluding tert-OH is 2. The van der Waals surface area contributed by atoms with Gasteiger partial charge in [-0.3, -0.25) is 4.79 Å². The van der Waals surface area contributed by atoms with Crippen molar-refractivity contribution in [1.82, 2.24) is 5.32 Å². The van der Waals surface area contributed by atoms with Gasteiger partial charge < -0.3 is 39.6 Å². The molecule has 8 rings (SSSR count). The van der Waals surface area contributed by atoms with Gasteiger partial charge >= 0.3 is 5.97 Å². The Labute approximate surface area is 256 Å². The van der Waals surface area contributed by atoms with Crippen molar-refractivity contribution in [2.24, 2.45) is 39.9 Å². The molecule has 1 spiro atoms. The number of ether oxygens (including phenoxy) is 4. The summed E-state index contributed by atoms with van der Waals surface area (Å²) in [5.41, 5.74) is 0.187. The molecule has 43 heavy (non-hydrogen) atoms. The number of esters is 1. The lowest BCUT2D eigenvalue weighted by Crippen LogP contribution is -2.76. The molecule has 11 heteroatoms. The topological polar surface area (TPSA) is 144 Å². The zero-order chi connectivity index (χ0) is 30.0. The lowest BCUT2D eigenvalue weighted by Gasteiger charge is -2.67. The molecule has 0 aromatic heterocycles. The largest absolute Gasteiger partial charge is 0.458 e. The van der Waals surface area contributed by atoms with Crippen LogP contribution in [0.2, 0.25) is 0 Å². The number of amides is 1. The van der Waals surface area contributed by atoms with Gasteiger partial charge in [-0.25, -0.2) is 4.79 Å². The maximum Gasteiger partial charge on any atom is 0.331 e. The monoisotopic (exact) mass is 619 g/mol. The van der Waals surface area contributed by atoms with Crippen LogP contribution in [0.3, 0.4) is 0 Å². The molecule has 1 amide bonds. The third kappa shape index (κ3) is 3.70. The number of fused-ring (bicyclic) bond motifs is 8. The van der Waals surface area contributed by atoms with Gasteiger partial charge in [-0.15, -0.1) is 11.8 Å². The highest BCUT2D eigenvalue weighted by atomic mass is 32.2. The molecule has 10 nitrogen and oxygen atoms in total. The van der Waals surface area contributed by atoms with Crippen LogP contribution >= 0.6 is 11.8 Å². The SMILES string of the molecule is C[C@@H]1C[C@@]2(NC(=O)CS2)C2(O)O[C@@H]3C[C@@]4(CO)[C@@H](CC[C@@H]5[C@@H]4CC[C@]4(C)[C@@H](C6=CC(=O)OC6)CC[C@]54CO)C[C@H]3O[C@@H]2O1. The summed E-state index contributed by atoms with van der Waals surface area (Å²) in [6, 6.07) is 0. The van der Waals surface area contributed by atoms with Crippen molar-refractivity contribution in [2.75, 3.05) is 25.6 Å². The van der Waals surface area contributed by atoms with Crippen LogP contribution < -0.4 is 5.32 Å². The van der Waals surface area contributed by atoms with Crippen molar-refractivity contribution in [3.8, 4) is 0 Å². The van der Waals surface area contributed by atoms with Gasteiger partial charge in [0.25, 0.3) is 5.79 Å². The average Bonchev–Trinajstić information content (AvgIpc) is 3.66. The van der Waals surface area contributed by atoms with E-state index in [0.29, 0.717) is 25.9 Å². The highest BCUT2D eigenvalue weighted by Crippen LogP contribution is 2.74. The summed E-state index contributed by atoms with van der Waals surface area (Å²) in [6.45, 7) is 4.71. The van der Waals surface area contributed by atoms with Crippen molar-refractivity contribution in [3.05, 3.63) is 11.6 Å². The Hall–Kier alpha value is -1.21. The summed E-state index contributed by atoms with van der Waals surface area (Å²) in [5, 5.41) is 37.7. The van der Waals surface area contributed by atoms with E-state index in [1.54, 1.807) is 6.08 Å². The third-order valence-corrected chi connectivity index (χ3v) is 15.3. The van der Waals surface area contributed by atoms with E-state index in [9.17, 15) is 24.9 Å². The molecule has 4 N–H and O–H groups in total. The van der Waals surface area contributed by atoms with Crippen molar-refractivity contribution in [1.29, 1.82) is 0 Å². The minimum Gasteiger partial charge on any atom is -0.458 e. The first-order chi connectivity index (χ1) is 20.5. The Bertz CT molecular complexity index is 1250. The normalized spacial score (nSPS) is 55.4. The number of carbonyl (C=O) groups excluding carboxylic acids is 2. The summed E-state index contributed by atoms with van der Waals surface area (Å²) in [5.74, 6) is -1.15. The highest BCUT2D eigenvalue weighted by molar-refractivity contribution is 8.01.